The lowest BCUT2D eigenvalue weighted by molar-refractivity contribution is -0.163. The SMILES string of the molecule is COc1ccc(C2(C[C@@H](C[C@H](OCc3ccccc3)[C@H]3COC(C)(C)O3)OCc3ccccc3)SCCCS2)cc1. The van der Waals surface area contributed by atoms with Crippen molar-refractivity contribution in [3.05, 3.63) is 102 Å². The first-order chi connectivity index (χ1) is 19.9. The number of thioether (sulfide) groups is 2. The van der Waals surface area contributed by atoms with E-state index >= 15 is 0 Å². The molecule has 2 aliphatic heterocycles. The minimum Gasteiger partial charge on any atom is -0.497 e. The van der Waals surface area contributed by atoms with Crippen LogP contribution >= 0.6 is 23.5 Å². The van der Waals surface area contributed by atoms with Gasteiger partial charge in [-0.05, 0) is 60.6 Å². The first kappa shape index (κ1) is 30.5. The highest BCUT2D eigenvalue weighted by atomic mass is 32.2. The Bertz CT molecular complexity index is 1180. The van der Waals surface area contributed by atoms with Gasteiger partial charge in [-0.25, -0.2) is 0 Å². The Balaban J connectivity index is 1.40. The third kappa shape index (κ3) is 8.53. The lowest BCUT2D eigenvalue weighted by Crippen LogP contribution is -2.38. The second-order valence-corrected chi connectivity index (χ2v) is 14.1. The van der Waals surface area contributed by atoms with Gasteiger partial charge in [0.1, 0.15) is 11.9 Å². The van der Waals surface area contributed by atoms with Crippen LogP contribution in [0.3, 0.4) is 0 Å². The standard InChI is InChI=1S/C34H42O5S2/c1-33(2)38-25-32(39-33)31(37-24-27-13-8-5-9-14-27)21-30(36-23-26-11-6-4-7-12-26)22-34(40-19-10-20-41-34)28-15-17-29(35-3)18-16-28/h4-9,11-18,30-32H,10,19-25H2,1-3H3/t30-,31+,32-/m1/s1. The second-order valence-electron chi connectivity index (χ2n) is 11.1. The molecule has 0 aliphatic carbocycles. The average molecular weight is 595 g/mol. The predicted molar refractivity (Wildman–Crippen MR) is 168 cm³/mol. The van der Waals surface area contributed by atoms with Crippen molar-refractivity contribution in [1.82, 2.24) is 0 Å². The molecule has 0 bridgehead atoms. The van der Waals surface area contributed by atoms with Crippen molar-refractivity contribution < 1.29 is 23.7 Å². The quantitative estimate of drug-likeness (QED) is 0.200. The van der Waals surface area contributed by atoms with Crippen molar-refractivity contribution in [1.29, 1.82) is 0 Å². The van der Waals surface area contributed by atoms with Crippen LogP contribution < -0.4 is 4.74 Å². The highest BCUT2D eigenvalue weighted by molar-refractivity contribution is 8.18. The van der Waals surface area contributed by atoms with Gasteiger partial charge in [-0.2, -0.15) is 0 Å². The molecular formula is C34H42O5S2. The van der Waals surface area contributed by atoms with E-state index in [-0.39, 0.29) is 22.4 Å². The largest absolute Gasteiger partial charge is 0.497 e. The lowest BCUT2D eigenvalue weighted by atomic mass is 9.98. The van der Waals surface area contributed by atoms with E-state index in [1.165, 1.54) is 17.5 Å². The van der Waals surface area contributed by atoms with E-state index in [1.807, 2.05) is 61.6 Å². The Morgan fingerprint density at radius 1 is 0.829 bits per heavy atom. The first-order valence-corrected chi connectivity index (χ1v) is 16.5. The van der Waals surface area contributed by atoms with Crippen LogP contribution in [0.25, 0.3) is 0 Å². The van der Waals surface area contributed by atoms with Gasteiger partial charge in [-0.3, -0.25) is 0 Å². The highest BCUT2D eigenvalue weighted by Crippen LogP contribution is 2.54. The summed E-state index contributed by atoms with van der Waals surface area (Å²) < 4.78 is 31.1. The topological polar surface area (TPSA) is 46.2 Å². The molecule has 0 amide bonds. The van der Waals surface area contributed by atoms with E-state index in [1.54, 1.807) is 7.11 Å². The summed E-state index contributed by atoms with van der Waals surface area (Å²) in [5, 5.41) is 0. The molecule has 7 heteroatoms. The van der Waals surface area contributed by atoms with Crippen LogP contribution in [0.5, 0.6) is 5.75 Å². The van der Waals surface area contributed by atoms with Crippen LogP contribution in [-0.2, 0) is 36.2 Å². The van der Waals surface area contributed by atoms with Crippen LogP contribution in [0.4, 0.5) is 0 Å². The molecule has 2 aliphatic rings. The Morgan fingerprint density at radius 3 is 2.00 bits per heavy atom. The Morgan fingerprint density at radius 2 is 1.44 bits per heavy atom. The summed E-state index contributed by atoms with van der Waals surface area (Å²) >= 11 is 4.08. The molecule has 2 heterocycles. The summed E-state index contributed by atoms with van der Waals surface area (Å²) in [5.41, 5.74) is 3.62. The third-order valence-electron chi connectivity index (χ3n) is 7.56. The van der Waals surface area contributed by atoms with Crippen LogP contribution in [0, 0.1) is 0 Å². The molecule has 2 saturated heterocycles. The number of hydrogen-bond donors (Lipinski definition) is 0. The maximum atomic E-state index is 6.79. The van der Waals surface area contributed by atoms with E-state index in [4.69, 9.17) is 23.7 Å². The molecule has 3 aromatic carbocycles. The van der Waals surface area contributed by atoms with Crippen molar-refractivity contribution in [3.8, 4) is 5.75 Å². The minimum atomic E-state index is -0.626. The molecule has 0 spiro atoms. The van der Waals surface area contributed by atoms with Gasteiger partial charge in [0.15, 0.2) is 5.79 Å². The normalized spacial score (nSPS) is 21.3. The van der Waals surface area contributed by atoms with Crippen molar-refractivity contribution in [2.45, 2.75) is 74.5 Å². The molecule has 41 heavy (non-hydrogen) atoms. The fraction of sp³-hybridized carbons (Fsp3) is 0.471. The van der Waals surface area contributed by atoms with Crippen molar-refractivity contribution in [2.75, 3.05) is 25.2 Å². The molecule has 5 rings (SSSR count). The molecule has 0 N–H and O–H groups in total. The molecule has 0 radical (unpaired) electrons. The third-order valence-corrected chi connectivity index (χ3v) is 11.0. The van der Waals surface area contributed by atoms with Crippen LogP contribution in [0.15, 0.2) is 84.9 Å². The van der Waals surface area contributed by atoms with Crippen LogP contribution in [-0.4, -0.2) is 49.3 Å². The zero-order valence-electron chi connectivity index (χ0n) is 24.3. The fourth-order valence-electron chi connectivity index (χ4n) is 5.38. The fourth-order valence-corrected chi connectivity index (χ4v) is 8.85. The van der Waals surface area contributed by atoms with Gasteiger partial charge in [0, 0.05) is 12.8 Å². The number of rotatable bonds is 13. The summed E-state index contributed by atoms with van der Waals surface area (Å²) in [4.78, 5) is 0. The van der Waals surface area contributed by atoms with Gasteiger partial charge in [0.2, 0.25) is 0 Å². The zero-order chi connectivity index (χ0) is 28.5. The highest BCUT2D eigenvalue weighted by Gasteiger charge is 2.42. The Labute approximate surface area is 253 Å². The Hall–Kier alpha value is -2.00. The van der Waals surface area contributed by atoms with E-state index in [2.05, 4.69) is 60.7 Å². The molecule has 3 aromatic rings. The summed E-state index contributed by atoms with van der Waals surface area (Å²) in [6.07, 6.45) is 2.40. The van der Waals surface area contributed by atoms with Crippen molar-refractivity contribution in [3.63, 3.8) is 0 Å². The molecule has 0 saturated carbocycles. The number of ether oxygens (including phenoxy) is 5. The van der Waals surface area contributed by atoms with Gasteiger partial charge in [0.25, 0.3) is 0 Å². The van der Waals surface area contributed by atoms with Gasteiger partial charge in [-0.15, -0.1) is 23.5 Å². The Kier molecular flexibility index (Phi) is 10.7. The first-order valence-electron chi connectivity index (χ1n) is 14.5. The maximum absolute atomic E-state index is 6.79. The number of benzene rings is 3. The van der Waals surface area contributed by atoms with Gasteiger partial charge < -0.3 is 23.7 Å². The lowest BCUT2D eigenvalue weighted by Gasteiger charge is -2.40. The smallest absolute Gasteiger partial charge is 0.163 e. The van der Waals surface area contributed by atoms with E-state index in [0.717, 1.165) is 29.2 Å². The zero-order valence-corrected chi connectivity index (χ0v) is 26.0. The maximum Gasteiger partial charge on any atom is 0.163 e. The summed E-state index contributed by atoms with van der Waals surface area (Å²) in [6.45, 7) is 5.52. The van der Waals surface area contributed by atoms with Crippen LogP contribution in [0.1, 0.15) is 49.8 Å². The molecule has 3 atom stereocenters. The summed E-state index contributed by atoms with van der Waals surface area (Å²) in [5.74, 6) is 2.51. The van der Waals surface area contributed by atoms with Crippen molar-refractivity contribution >= 4 is 23.5 Å². The molecule has 0 unspecified atom stereocenters. The van der Waals surface area contributed by atoms with Gasteiger partial charge in [0.05, 0.1) is 43.2 Å². The average Bonchev–Trinajstić information content (AvgIpc) is 3.38. The van der Waals surface area contributed by atoms with Crippen LogP contribution in [0.2, 0.25) is 0 Å². The molecule has 2 fully saturated rings. The molecule has 220 valence electrons. The number of methoxy groups -OCH3 is 1. The molecule has 5 nitrogen and oxygen atoms in total. The van der Waals surface area contributed by atoms with E-state index < -0.39 is 5.79 Å². The molecule has 0 aromatic heterocycles. The number of hydrogen-bond acceptors (Lipinski definition) is 7. The van der Waals surface area contributed by atoms with E-state index in [0.29, 0.717) is 26.2 Å². The second kappa shape index (κ2) is 14.5. The van der Waals surface area contributed by atoms with E-state index in [9.17, 15) is 0 Å². The molecular weight excluding hydrogens is 553 g/mol. The summed E-state index contributed by atoms with van der Waals surface area (Å²) in [6, 6.07) is 29.3. The van der Waals surface area contributed by atoms with Gasteiger partial charge >= 0.3 is 0 Å². The monoisotopic (exact) mass is 594 g/mol. The predicted octanol–water partition coefficient (Wildman–Crippen LogP) is 7.82. The summed E-state index contributed by atoms with van der Waals surface area (Å²) in [7, 11) is 1.72. The minimum absolute atomic E-state index is 0.0523. The van der Waals surface area contributed by atoms with Crippen molar-refractivity contribution in [2.24, 2.45) is 0 Å². The van der Waals surface area contributed by atoms with Gasteiger partial charge in [-0.1, -0.05) is 72.8 Å².